The van der Waals surface area contributed by atoms with Gasteiger partial charge in [0.05, 0.1) is 12.2 Å². The smallest absolute Gasteiger partial charge is 0.308 e. The number of carbonyl (C=O) groups is 1. The van der Waals surface area contributed by atoms with Crippen LogP contribution in [0.2, 0.25) is 0 Å². The largest absolute Gasteiger partial charge is 0.481 e. The van der Waals surface area contributed by atoms with Crippen molar-refractivity contribution < 1.29 is 9.90 Å². The predicted molar refractivity (Wildman–Crippen MR) is 57.2 cm³/mol. The van der Waals surface area contributed by atoms with Crippen LogP contribution in [0.25, 0.3) is 0 Å². The van der Waals surface area contributed by atoms with E-state index in [1.807, 2.05) is 12.5 Å². The first-order chi connectivity index (χ1) is 7.77. The van der Waals surface area contributed by atoms with Gasteiger partial charge in [-0.2, -0.15) is 0 Å². The minimum atomic E-state index is -0.710. The van der Waals surface area contributed by atoms with Crippen LogP contribution in [-0.2, 0) is 4.79 Å². The molecule has 1 aromatic heterocycles. The Bertz CT molecular complexity index is 411. The SMILES string of the molecule is O=C(O)C1CNCC1c1cncn1C1CC1. The highest BCUT2D eigenvalue weighted by Gasteiger charge is 2.37. The van der Waals surface area contributed by atoms with Crippen LogP contribution in [0.5, 0.6) is 0 Å². The normalized spacial score (nSPS) is 29.5. The lowest BCUT2D eigenvalue weighted by molar-refractivity contribution is -0.141. The maximum Gasteiger partial charge on any atom is 0.308 e. The number of carboxylic acid groups (broad SMARTS) is 1. The van der Waals surface area contributed by atoms with Gasteiger partial charge in [0.1, 0.15) is 0 Å². The molecule has 0 spiro atoms. The van der Waals surface area contributed by atoms with Gasteiger partial charge in [0, 0.05) is 36.9 Å². The summed E-state index contributed by atoms with van der Waals surface area (Å²) in [5, 5.41) is 12.3. The van der Waals surface area contributed by atoms with Crippen molar-refractivity contribution in [1.82, 2.24) is 14.9 Å². The van der Waals surface area contributed by atoms with Crippen molar-refractivity contribution in [2.24, 2.45) is 5.92 Å². The lowest BCUT2D eigenvalue weighted by Crippen LogP contribution is -2.22. The zero-order valence-electron chi connectivity index (χ0n) is 8.97. The van der Waals surface area contributed by atoms with Gasteiger partial charge in [-0.1, -0.05) is 0 Å². The number of nitrogens with zero attached hydrogens (tertiary/aromatic N) is 2. The summed E-state index contributed by atoms with van der Waals surface area (Å²) in [4.78, 5) is 15.3. The first-order valence-corrected chi connectivity index (χ1v) is 5.72. The molecule has 2 heterocycles. The van der Waals surface area contributed by atoms with Crippen LogP contribution < -0.4 is 5.32 Å². The molecule has 2 atom stereocenters. The Kier molecular flexibility index (Phi) is 2.21. The molecule has 0 radical (unpaired) electrons. The number of aliphatic carboxylic acids is 1. The van der Waals surface area contributed by atoms with Gasteiger partial charge in [-0.15, -0.1) is 0 Å². The number of carboxylic acids is 1. The maximum atomic E-state index is 11.1. The predicted octanol–water partition coefficient (Wildman–Crippen LogP) is 0.606. The van der Waals surface area contributed by atoms with E-state index in [9.17, 15) is 4.79 Å². The van der Waals surface area contributed by atoms with Crippen molar-refractivity contribution in [3.63, 3.8) is 0 Å². The van der Waals surface area contributed by atoms with Gasteiger partial charge in [-0.05, 0) is 12.8 Å². The van der Waals surface area contributed by atoms with Crippen LogP contribution in [0, 0.1) is 5.92 Å². The van der Waals surface area contributed by atoms with Gasteiger partial charge in [-0.3, -0.25) is 4.79 Å². The molecule has 3 rings (SSSR count). The fourth-order valence-corrected chi connectivity index (χ4v) is 2.51. The van der Waals surface area contributed by atoms with Crippen LogP contribution in [0.15, 0.2) is 12.5 Å². The van der Waals surface area contributed by atoms with E-state index in [4.69, 9.17) is 5.11 Å². The molecule has 16 heavy (non-hydrogen) atoms. The minimum absolute atomic E-state index is 0.0700. The van der Waals surface area contributed by atoms with Gasteiger partial charge in [0.15, 0.2) is 0 Å². The van der Waals surface area contributed by atoms with Crippen molar-refractivity contribution in [2.45, 2.75) is 24.8 Å². The quantitative estimate of drug-likeness (QED) is 0.784. The van der Waals surface area contributed by atoms with Crippen molar-refractivity contribution in [3.8, 4) is 0 Å². The Morgan fingerprint density at radius 2 is 2.31 bits per heavy atom. The number of imidazole rings is 1. The van der Waals surface area contributed by atoms with E-state index >= 15 is 0 Å². The van der Waals surface area contributed by atoms with E-state index < -0.39 is 5.97 Å². The average molecular weight is 221 g/mol. The molecule has 1 aliphatic heterocycles. The molecule has 1 aromatic rings. The molecule has 2 fully saturated rings. The molecule has 1 saturated carbocycles. The maximum absolute atomic E-state index is 11.1. The van der Waals surface area contributed by atoms with Crippen LogP contribution in [0.4, 0.5) is 0 Å². The second-order valence-electron chi connectivity index (χ2n) is 4.67. The summed E-state index contributed by atoms with van der Waals surface area (Å²) in [6.07, 6.45) is 6.05. The Morgan fingerprint density at radius 3 is 3.00 bits per heavy atom. The number of nitrogens with one attached hydrogen (secondary N) is 1. The average Bonchev–Trinajstić information content (AvgIpc) is 2.82. The van der Waals surface area contributed by atoms with Crippen LogP contribution in [0.3, 0.4) is 0 Å². The number of aromatic nitrogens is 2. The van der Waals surface area contributed by atoms with Gasteiger partial charge in [-0.25, -0.2) is 4.98 Å². The van der Waals surface area contributed by atoms with E-state index in [0.717, 1.165) is 12.2 Å². The van der Waals surface area contributed by atoms with Crippen LogP contribution in [0.1, 0.15) is 30.5 Å². The topological polar surface area (TPSA) is 67.2 Å². The minimum Gasteiger partial charge on any atom is -0.481 e. The van der Waals surface area contributed by atoms with E-state index in [1.54, 1.807) is 0 Å². The summed E-state index contributed by atoms with van der Waals surface area (Å²) >= 11 is 0. The van der Waals surface area contributed by atoms with Crippen LogP contribution >= 0.6 is 0 Å². The highest BCUT2D eigenvalue weighted by Crippen LogP contribution is 2.39. The molecule has 1 saturated heterocycles. The highest BCUT2D eigenvalue weighted by molar-refractivity contribution is 5.72. The first kappa shape index (κ1) is 9.84. The summed E-state index contributed by atoms with van der Waals surface area (Å²) in [5.41, 5.74) is 1.08. The molecule has 0 aromatic carbocycles. The Hall–Kier alpha value is -1.36. The Labute approximate surface area is 93.5 Å². The third-order valence-corrected chi connectivity index (χ3v) is 3.55. The Morgan fingerprint density at radius 1 is 1.50 bits per heavy atom. The Balaban J connectivity index is 1.90. The lowest BCUT2D eigenvalue weighted by Gasteiger charge is -2.16. The molecule has 5 nitrogen and oxygen atoms in total. The second-order valence-corrected chi connectivity index (χ2v) is 4.67. The standard InChI is InChI=1S/C11H15N3O2/c15-11(16)9-4-12-3-8(9)10-5-13-6-14(10)7-1-2-7/h5-9,12H,1-4H2,(H,15,16). The number of hydrogen-bond donors (Lipinski definition) is 2. The van der Waals surface area contributed by atoms with E-state index in [1.165, 1.54) is 12.8 Å². The third-order valence-electron chi connectivity index (χ3n) is 3.55. The molecular weight excluding hydrogens is 206 g/mol. The van der Waals surface area contributed by atoms with Crippen molar-refractivity contribution >= 4 is 5.97 Å². The van der Waals surface area contributed by atoms with E-state index in [0.29, 0.717) is 12.6 Å². The molecule has 2 N–H and O–H groups in total. The molecule has 86 valence electrons. The molecule has 1 aliphatic carbocycles. The van der Waals surface area contributed by atoms with Crippen molar-refractivity contribution in [3.05, 3.63) is 18.2 Å². The molecule has 2 unspecified atom stereocenters. The summed E-state index contributed by atoms with van der Waals surface area (Å²) in [6, 6.07) is 0.563. The number of hydrogen-bond acceptors (Lipinski definition) is 3. The zero-order chi connectivity index (χ0) is 11.1. The monoisotopic (exact) mass is 221 g/mol. The summed E-state index contributed by atoms with van der Waals surface area (Å²) in [5.74, 6) is -0.951. The van der Waals surface area contributed by atoms with Gasteiger partial charge < -0.3 is 15.0 Å². The summed E-state index contributed by atoms with van der Waals surface area (Å²) in [6.45, 7) is 1.31. The molecular formula is C11H15N3O2. The fraction of sp³-hybridized carbons (Fsp3) is 0.636. The van der Waals surface area contributed by atoms with Gasteiger partial charge in [0.2, 0.25) is 0 Å². The summed E-state index contributed by atoms with van der Waals surface area (Å²) < 4.78 is 2.16. The summed E-state index contributed by atoms with van der Waals surface area (Å²) in [7, 11) is 0. The molecule has 0 amide bonds. The van der Waals surface area contributed by atoms with E-state index in [-0.39, 0.29) is 11.8 Å². The second kappa shape index (κ2) is 3.59. The lowest BCUT2D eigenvalue weighted by atomic mass is 9.93. The third kappa shape index (κ3) is 1.51. The first-order valence-electron chi connectivity index (χ1n) is 5.72. The number of rotatable bonds is 3. The van der Waals surface area contributed by atoms with Crippen molar-refractivity contribution in [1.29, 1.82) is 0 Å². The fourth-order valence-electron chi connectivity index (χ4n) is 2.51. The van der Waals surface area contributed by atoms with Crippen molar-refractivity contribution in [2.75, 3.05) is 13.1 Å². The molecule has 0 bridgehead atoms. The van der Waals surface area contributed by atoms with Gasteiger partial charge >= 0.3 is 5.97 Å². The van der Waals surface area contributed by atoms with Crippen LogP contribution in [-0.4, -0.2) is 33.7 Å². The van der Waals surface area contributed by atoms with Gasteiger partial charge in [0.25, 0.3) is 0 Å². The zero-order valence-corrected chi connectivity index (χ0v) is 8.97. The highest BCUT2D eigenvalue weighted by atomic mass is 16.4. The molecule has 5 heteroatoms. The molecule has 2 aliphatic rings. The van der Waals surface area contributed by atoms with E-state index in [2.05, 4.69) is 14.9 Å².